The van der Waals surface area contributed by atoms with Crippen LogP contribution in [-0.4, -0.2) is 35.9 Å². The summed E-state index contributed by atoms with van der Waals surface area (Å²) >= 11 is 0. The molecular formula is C16H13F2NO5. The lowest BCUT2D eigenvalue weighted by Gasteiger charge is -2.21. The van der Waals surface area contributed by atoms with E-state index >= 15 is 0 Å². The van der Waals surface area contributed by atoms with Crippen molar-refractivity contribution in [2.75, 3.05) is 13.2 Å². The first-order valence-corrected chi connectivity index (χ1v) is 7.08. The molecule has 0 bridgehead atoms. The topological polar surface area (TPSA) is 77.9 Å². The Bertz CT molecular complexity index is 749. The number of alkyl halides is 2. The summed E-state index contributed by atoms with van der Waals surface area (Å²) in [5.74, 6) is -0.241. The molecule has 6 nitrogen and oxygen atoms in total. The Kier molecular flexibility index (Phi) is 4.45. The number of aliphatic carboxylic acids is 1. The van der Waals surface area contributed by atoms with E-state index in [9.17, 15) is 13.6 Å². The first kappa shape index (κ1) is 16.0. The number of carboxylic acids is 1. The van der Waals surface area contributed by atoms with Gasteiger partial charge in [-0.15, -0.1) is 0 Å². The number of ether oxygens (including phenoxy) is 3. The minimum Gasteiger partial charge on any atom is -0.486 e. The number of hydrogen-bond donors (Lipinski definition) is 1. The van der Waals surface area contributed by atoms with Gasteiger partial charge in [-0.1, -0.05) is 0 Å². The van der Waals surface area contributed by atoms with E-state index in [-0.39, 0.29) is 12.3 Å². The Morgan fingerprint density at radius 1 is 1.25 bits per heavy atom. The van der Waals surface area contributed by atoms with Gasteiger partial charge in [-0.2, -0.15) is 8.78 Å². The number of hydrogen-bond acceptors (Lipinski definition) is 5. The van der Waals surface area contributed by atoms with Gasteiger partial charge in [0.25, 0.3) is 0 Å². The maximum Gasteiger partial charge on any atom is 0.388 e. The standard InChI is InChI=1S/C16H13F2NO5/c17-16(18)24-14-2-1-9(8-19-14)11-7-13-12(22-3-4-23-13)5-10(11)6-15(20)21/h1-2,5,7-8,16H,3-4,6H2,(H,20,21). The average molecular weight is 337 g/mol. The number of pyridine rings is 1. The lowest BCUT2D eigenvalue weighted by Crippen LogP contribution is -2.16. The van der Waals surface area contributed by atoms with Crippen LogP contribution in [0.1, 0.15) is 5.56 Å². The number of halogens is 2. The second-order valence-corrected chi connectivity index (χ2v) is 4.99. The van der Waals surface area contributed by atoms with E-state index in [0.717, 1.165) is 0 Å². The minimum absolute atomic E-state index is 0.217. The highest BCUT2D eigenvalue weighted by Crippen LogP contribution is 2.38. The fourth-order valence-electron chi connectivity index (χ4n) is 2.41. The highest BCUT2D eigenvalue weighted by molar-refractivity contribution is 5.78. The summed E-state index contributed by atoms with van der Waals surface area (Å²) in [5, 5.41) is 9.09. The number of benzene rings is 1. The maximum atomic E-state index is 12.2. The number of nitrogens with zero attached hydrogens (tertiary/aromatic N) is 1. The molecular weight excluding hydrogens is 324 g/mol. The van der Waals surface area contributed by atoms with Gasteiger partial charge >= 0.3 is 12.6 Å². The highest BCUT2D eigenvalue weighted by Gasteiger charge is 2.18. The third kappa shape index (κ3) is 3.53. The molecule has 0 atom stereocenters. The normalized spacial score (nSPS) is 13.0. The minimum atomic E-state index is -2.96. The number of rotatable bonds is 5. The van der Waals surface area contributed by atoms with Crippen molar-refractivity contribution in [3.05, 3.63) is 36.0 Å². The molecule has 0 saturated heterocycles. The molecule has 0 saturated carbocycles. The molecule has 3 rings (SSSR count). The predicted octanol–water partition coefficient (Wildman–Crippen LogP) is 2.75. The molecule has 0 aliphatic carbocycles. The van der Waals surface area contributed by atoms with E-state index in [2.05, 4.69) is 9.72 Å². The zero-order valence-corrected chi connectivity index (χ0v) is 12.4. The van der Waals surface area contributed by atoms with Gasteiger partial charge in [0.2, 0.25) is 5.88 Å². The molecule has 1 aromatic carbocycles. The number of aromatic nitrogens is 1. The molecule has 1 N–H and O–H groups in total. The summed E-state index contributed by atoms with van der Waals surface area (Å²) in [6.45, 7) is -2.18. The van der Waals surface area contributed by atoms with E-state index in [4.69, 9.17) is 14.6 Å². The van der Waals surface area contributed by atoms with Gasteiger partial charge in [-0.25, -0.2) is 4.98 Å². The molecule has 0 radical (unpaired) electrons. The molecule has 0 spiro atoms. The van der Waals surface area contributed by atoms with E-state index in [0.29, 0.717) is 41.4 Å². The van der Waals surface area contributed by atoms with Gasteiger partial charge < -0.3 is 19.3 Å². The van der Waals surface area contributed by atoms with Crippen molar-refractivity contribution in [3.8, 4) is 28.5 Å². The van der Waals surface area contributed by atoms with Crippen LogP contribution < -0.4 is 14.2 Å². The van der Waals surface area contributed by atoms with Crippen molar-refractivity contribution < 1.29 is 32.9 Å². The number of carboxylic acid groups (broad SMARTS) is 1. The van der Waals surface area contributed by atoms with Crippen LogP contribution in [0.5, 0.6) is 17.4 Å². The molecule has 0 unspecified atom stereocenters. The van der Waals surface area contributed by atoms with Crippen LogP contribution in [0.15, 0.2) is 30.5 Å². The lowest BCUT2D eigenvalue weighted by atomic mass is 9.97. The van der Waals surface area contributed by atoms with Crippen molar-refractivity contribution in [3.63, 3.8) is 0 Å². The average Bonchev–Trinajstić information content (AvgIpc) is 2.54. The fraction of sp³-hybridized carbons (Fsp3) is 0.250. The Balaban J connectivity index is 1.99. The third-order valence-corrected chi connectivity index (χ3v) is 3.37. The molecule has 1 aliphatic rings. The molecule has 0 fully saturated rings. The van der Waals surface area contributed by atoms with Gasteiger partial charge in [-0.05, 0) is 29.3 Å². The summed E-state index contributed by atoms with van der Waals surface area (Å²) in [6, 6.07) is 6.10. The van der Waals surface area contributed by atoms with E-state index in [1.54, 1.807) is 12.1 Å². The van der Waals surface area contributed by atoms with Crippen LogP contribution in [0.4, 0.5) is 8.78 Å². The molecule has 1 aromatic heterocycles. The summed E-state index contributed by atoms with van der Waals surface area (Å²) < 4.78 is 39.5. The Hall–Kier alpha value is -2.90. The molecule has 8 heteroatoms. The van der Waals surface area contributed by atoms with Crippen molar-refractivity contribution in [2.45, 2.75) is 13.0 Å². The van der Waals surface area contributed by atoms with Crippen LogP contribution in [0.3, 0.4) is 0 Å². The number of fused-ring (bicyclic) bond motifs is 1. The smallest absolute Gasteiger partial charge is 0.388 e. The molecule has 0 amide bonds. The van der Waals surface area contributed by atoms with Crippen molar-refractivity contribution in [1.82, 2.24) is 4.98 Å². The first-order valence-electron chi connectivity index (χ1n) is 7.08. The summed E-state index contributed by atoms with van der Waals surface area (Å²) in [4.78, 5) is 14.9. The molecule has 24 heavy (non-hydrogen) atoms. The van der Waals surface area contributed by atoms with Gasteiger partial charge in [-0.3, -0.25) is 4.79 Å². The second kappa shape index (κ2) is 6.69. The van der Waals surface area contributed by atoms with E-state index < -0.39 is 12.6 Å². The Morgan fingerprint density at radius 2 is 1.96 bits per heavy atom. The van der Waals surface area contributed by atoms with E-state index in [1.165, 1.54) is 18.3 Å². The zero-order chi connectivity index (χ0) is 17.1. The fourth-order valence-corrected chi connectivity index (χ4v) is 2.41. The van der Waals surface area contributed by atoms with Gasteiger partial charge in [0.1, 0.15) is 13.2 Å². The summed E-state index contributed by atoms with van der Waals surface area (Å²) in [7, 11) is 0. The third-order valence-electron chi connectivity index (χ3n) is 3.37. The summed E-state index contributed by atoms with van der Waals surface area (Å²) in [6.07, 6.45) is 1.12. The Labute approximate surface area is 135 Å². The Morgan fingerprint density at radius 3 is 2.54 bits per heavy atom. The van der Waals surface area contributed by atoms with Crippen LogP contribution in [0.25, 0.3) is 11.1 Å². The van der Waals surface area contributed by atoms with Crippen molar-refractivity contribution in [1.29, 1.82) is 0 Å². The van der Waals surface area contributed by atoms with Crippen LogP contribution in [0, 0.1) is 0 Å². The first-order chi connectivity index (χ1) is 11.5. The monoisotopic (exact) mass is 337 g/mol. The van der Waals surface area contributed by atoms with Crippen molar-refractivity contribution in [2.24, 2.45) is 0 Å². The van der Waals surface area contributed by atoms with Crippen molar-refractivity contribution >= 4 is 5.97 Å². The highest BCUT2D eigenvalue weighted by atomic mass is 19.3. The molecule has 1 aliphatic heterocycles. The second-order valence-electron chi connectivity index (χ2n) is 4.99. The number of carbonyl (C=O) groups is 1. The van der Waals surface area contributed by atoms with Gasteiger partial charge in [0.05, 0.1) is 6.42 Å². The lowest BCUT2D eigenvalue weighted by molar-refractivity contribution is -0.136. The van der Waals surface area contributed by atoms with Gasteiger partial charge in [0.15, 0.2) is 11.5 Å². The molecule has 2 heterocycles. The zero-order valence-electron chi connectivity index (χ0n) is 12.4. The largest absolute Gasteiger partial charge is 0.486 e. The predicted molar refractivity (Wildman–Crippen MR) is 78.6 cm³/mol. The molecule has 126 valence electrons. The van der Waals surface area contributed by atoms with Gasteiger partial charge in [0, 0.05) is 17.8 Å². The van der Waals surface area contributed by atoms with E-state index in [1.807, 2.05) is 0 Å². The van der Waals surface area contributed by atoms with Crippen LogP contribution in [-0.2, 0) is 11.2 Å². The quantitative estimate of drug-likeness (QED) is 0.904. The molecule has 2 aromatic rings. The maximum absolute atomic E-state index is 12.2. The van der Waals surface area contributed by atoms with Crippen LogP contribution >= 0.6 is 0 Å². The van der Waals surface area contributed by atoms with Crippen LogP contribution in [0.2, 0.25) is 0 Å². The SMILES string of the molecule is O=C(O)Cc1cc2c(cc1-c1ccc(OC(F)F)nc1)OCCO2. The summed E-state index contributed by atoms with van der Waals surface area (Å²) in [5.41, 5.74) is 1.65.